The monoisotopic (exact) mass is 270 g/mol. The molecular weight excluding hydrogens is 248 g/mol. The van der Waals surface area contributed by atoms with Gasteiger partial charge in [-0.05, 0) is 31.7 Å². The lowest BCUT2D eigenvalue weighted by atomic mass is 9.86. The van der Waals surface area contributed by atoms with Crippen LogP contribution in [0.2, 0.25) is 0 Å². The summed E-state index contributed by atoms with van der Waals surface area (Å²) < 4.78 is 0. The molecule has 0 bridgehead atoms. The minimum Gasteiger partial charge on any atom is -0.394 e. The predicted molar refractivity (Wildman–Crippen MR) is 72.6 cm³/mol. The van der Waals surface area contributed by atoms with Crippen molar-refractivity contribution in [2.75, 3.05) is 18.9 Å². The second-order valence-electron chi connectivity index (χ2n) is 4.86. The fourth-order valence-corrected chi connectivity index (χ4v) is 3.81. The van der Waals surface area contributed by atoms with Crippen LogP contribution in [-0.4, -0.2) is 44.7 Å². The highest BCUT2D eigenvalue weighted by Gasteiger charge is 2.41. The highest BCUT2D eigenvalue weighted by atomic mass is 32.2. The molecule has 0 spiro atoms. The summed E-state index contributed by atoms with van der Waals surface area (Å²) in [5.74, 6) is 1.59. The first-order valence-electron chi connectivity index (χ1n) is 6.65. The summed E-state index contributed by atoms with van der Waals surface area (Å²) in [5, 5.41) is 20.8. The lowest BCUT2D eigenvalue weighted by molar-refractivity contribution is 0.124. The summed E-state index contributed by atoms with van der Waals surface area (Å²) in [5.41, 5.74) is -0.0449. The van der Waals surface area contributed by atoms with Crippen LogP contribution in [0.4, 0.5) is 0 Å². The van der Waals surface area contributed by atoms with Gasteiger partial charge in [-0.1, -0.05) is 25.1 Å². The van der Waals surface area contributed by atoms with Gasteiger partial charge in [0.15, 0.2) is 5.16 Å². The van der Waals surface area contributed by atoms with Gasteiger partial charge in [0.2, 0.25) is 0 Å². The second-order valence-corrected chi connectivity index (χ2v) is 5.95. The molecule has 1 fully saturated rings. The molecule has 2 rings (SSSR count). The van der Waals surface area contributed by atoms with Crippen molar-refractivity contribution < 1.29 is 5.11 Å². The minimum absolute atomic E-state index is 0.0449. The zero-order valence-electron chi connectivity index (χ0n) is 10.9. The van der Waals surface area contributed by atoms with Crippen molar-refractivity contribution in [1.82, 2.24) is 20.5 Å². The van der Waals surface area contributed by atoms with Crippen LogP contribution in [0.5, 0.6) is 0 Å². The molecule has 1 heterocycles. The molecule has 18 heavy (non-hydrogen) atoms. The van der Waals surface area contributed by atoms with Gasteiger partial charge in [0.05, 0.1) is 6.61 Å². The lowest BCUT2D eigenvalue weighted by Crippen LogP contribution is -2.51. The molecule has 1 aliphatic rings. The van der Waals surface area contributed by atoms with Crippen molar-refractivity contribution in [3.05, 3.63) is 6.33 Å². The van der Waals surface area contributed by atoms with Crippen molar-refractivity contribution in [2.24, 2.45) is 5.92 Å². The molecule has 1 saturated carbocycles. The molecule has 3 N–H and O–H groups in total. The molecule has 0 amide bonds. The molecule has 2 unspecified atom stereocenters. The van der Waals surface area contributed by atoms with Gasteiger partial charge in [0.1, 0.15) is 6.33 Å². The van der Waals surface area contributed by atoms with Gasteiger partial charge in [-0.25, -0.2) is 4.98 Å². The molecule has 0 aliphatic heterocycles. The summed E-state index contributed by atoms with van der Waals surface area (Å²) in [6.45, 7) is 3.28. The molecule has 1 aliphatic carbocycles. The maximum Gasteiger partial charge on any atom is 0.183 e. The van der Waals surface area contributed by atoms with Crippen molar-refractivity contribution in [2.45, 2.75) is 43.3 Å². The number of H-pyrrole nitrogens is 1. The molecule has 0 radical (unpaired) electrons. The van der Waals surface area contributed by atoms with E-state index < -0.39 is 0 Å². The van der Waals surface area contributed by atoms with Gasteiger partial charge in [-0.2, -0.15) is 5.10 Å². The van der Waals surface area contributed by atoms with Crippen LogP contribution in [0.15, 0.2) is 11.5 Å². The third-order valence-electron chi connectivity index (χ3n) is 3.87. The molecular formula is C12H22N4OS. The quantitative estimate of drug-likeness (QED) is 0.654. The highest BCUT2D eigenvalue weighted by Crippen LogP contribution is 2.38. The first kappa shape index (κ1) is 13.8. The number of hydrogen-bond donors (Lipinski definition) is 3. The maximum absolute atomic E-state index is 9.70. The molecule has 2 atom stereocenters. The number of hydrogen-bond acceptors (Lipinski definition) is 5. The third kappa shape index (κ3) is 3.05. The highest BCUT2D eigenvalue weighted by molar-refractivity contribution is 7.99. The van der Waals surface area contributed by atoms with Crippen LogP contribution in [0.1, 0.15) is 32.6 Å². The van der Waals surface area contributed by atoms with Crippen LogP contribution in [0.3, 0.4) is 0 Å². The summed E-state index contributed by atoms with van der Waals surface area (Å²) in [6, 6.07) is 0. The number of aromatic nitrogens is 3. The van der Waals surface area contributed by atoms with E-state index in [9.17, 15) is 5.11 Å². The second kappa shape index (κ2) is 6.54. The Labute approximate surface area is 112 Å². The normalized spacial score (nSPS) is 27.8. The van der Waals surface area contributed by atoms with Crippen molar-refractivity contribution in [3.63, 3.8) is 0 Å². The molecule has 102 valence electrons. The zero-order valence-corrected chi connectivity index (χ0v) is 11.7. The standard InChI is InChI=1S/C12H22N4OS/c1-2-14-12(8-17)6-3-4-10(12)5-7-18-11-13-9-15-16-11/h9-10,14,17H,2-8H2,1H3,(H,13,15,16). The van der Waals surface area contributed by atoms with Crippen LogP contribution in [-0.2, 0) is 0 Å². The topological polar surface area (TPSA) is 73.8 Å². The molecule has 1 aromatic rings. The van der Waals surface area contributed by atoms with E-state index in [1.165, 1.54) is 19.2 Å². The summed E-state index contributed by atoms with van der Waals surface area (Å²) in [4.78, 5) is 4.10. The van der Waals surface area contributed by atoms with Gasteiger partial charge >= 0.3 is 0 Å². The largest absolute Gasteiger partial charge is 0.394 e. The molecule has 0 saturated heterocycles. The van der Waals surface area contributed by atoms with E-state index in [0.29, 0.717) is 5.92 Å². The SMILES string of the molecule is CCNC1(CO)CCCC1CCSc1ncn[nH]1. The molecule has 0 aromatic carbocycles. The Hall–Kier alpha value is -0.590. The van der Waals surface area contributed by atoms with E-state index in [2.05, 4.69) is 27.4 Å². The van der Waals surface area contributed by atoms with Gasteiger partial charge in [0, 0.05) is 11.3 Å². The maximum atomic E-state index is 9.70. The summed E-state index contributed by atoms with van der Waals surface area (Å²) >= 11 is 1.70. The average molecular weight is 270 g/mol. The molecule has 6 heteroatoms. The van der Waals surface area contributed by atoms with Crippen LogP contribution < -0.4 is 5.32 Å². The number of thioether (sulfide) groups is 1. The number of aliphatic hydroxyl groups excluding tert-OH is 1. The number of likely N-dealkylation sites (N-methyl/N-ethyl adjacent to an activating group) is 1. The Morgan fingerprint density at radius 3 is 3.22 bits per heavy atom. The lowest BCUT2D eigenvalue weighted by Gasteiger charge is -2.34. The minimum atomic E-state index is -0.0449. The fraction of sp³-hybridized carbons (Fsp3) is 0.833. The Morgan fingerprint density at radius 2 is 2.56 bits per heavy atom. The fourth-order valence-electron chi connectivity index (χ4n) is 2.98. The molecule has 1 aromatic heterocycles. The van der Waals surface area contributed by atoms with Crippen LogP contribution in [0.25, 0.3) is 0 Å². The van der Waals surface area contributed by atoms with Gasteiger partial charge in [-0.15, -0.1) is 0 Å². The van der Waals surface area contributed by atoms with E-state index in [0.717, 1.165) is 30.3 Å². The Morgan fingerprint density at radius 1 is 1.67 bits per heavy atom. The first-order valence-corrected chi connectivity index (χ1v) is 7.63. The number of nitrogens with zero attached hydrogens (tertiary/aromatic N) is 2. The van der Waals surface area contributed by atoms with Crippen molar-refractivity contribution >= 4 is 11.8 Å². The molecule has 5 nitrogen and oxygen atoms in total. The zero-order chi connectivity index (χ0) is 12.8. The van der Waals surface area contributed by atoms with E-state index >= 15 is 0 Å². The number of rotatable bonds is 7. The Kier molecular flexibility index (Phi) is 5.03. The Balaban J connectivity index is 1.83. The summed E-state index contributed by atoms with van der Waals surface area (Å²) in [6.07, 6.45) is 6.16. The van der Waals surface area contributed by atoms with Gasteiger partial charge < -0.3 is 10.4 Å². The van der Waals surface area contributed by atoms with Gasteiger partial charge in [0.25, 0.3) is 0 Å². The number of nitrogens with one attached hydrogen (secondary N) is 2. The van der Waals surface area contributed by atoms with Gasteiger partial charge in [-0.3, -0.25) is 5.10 Å². The summed E-state index contributed by atoms with van der Waals surface area (Å²) in [7, 11) is 0. The van der Waals surface area contributed by atoms with E-state index in [-0.39, 0.29) is 12.1 Å². The van der Waals surface area contributed by atoms with Crippen LogP contribution >= 0.6 is 11.8 Å². The van der Waals surface area contributed by atoms with E-state index in [1.54, 1.807) is 11.8 Å². The smallest absolute Gasteiger partial charge is 0.183 e. The third-order valence-corrected chi connectivity index (χ3v) is 4.78. The number of aliphatic hydroxyl groups is 1. The van der Waals surface area contributed by atoms with E-state index in [4.69, 9.17) is 0 Å². The van der Waals surface area contributed by atoms with Crippen molar-refractivity contribution in [3.8, 4) is 0 Å². The Bertz CT molecular complexity index is 346. The van der Waals surface area contributed by atoms with Crippen molar-refractivity contribution in [1.29, 1.82) is 0 Å². The first-order chi connectivity index (χ1) is 8.80. The number of aromatic amines is 1. The van der Waals surface area contributed by atoms with Crippen LogP contribution in [0, 0.1) is 5.92 Å². The average Bonchev–Trinajstić information content (AvgIpc) is 3.01. The van der Waals surface area contributed by atoms with E-state index in [1.807, 2.05) is 0 Å². The predicted octanol–water partition coefficient (Wildman–Crippen LogP) is 1.43.